The summed E-state index contributed by atoms with van der Waals surface area (Å²) in [6, 6.07) is 6.17. The Kier molecular flexibility index (Phi) is 5.09. The number of hydrogen-bond acceptors (Lipinski definition) is 7. The fraction of sp³-hybridized carbons (Fsp3) is 0.333. The largest absolute Gasteiger partial charge is 0.374 e. The summed E-state index contributed by atoms with van der Waals surface area (Å²) < 4.78 is 1.70. The Morgan fingerprint density at radius 3 is 2.79 bits per heavy atom. The standard InChI is InChI=1S/C24H26N8OS/c1-14(19-12-34-13-25-19)26-22-20(24(33)29-18-11-31(2)30-21(18)22)23-27-16-7-6-15(10-17(16)28-23)32-8-4-3-5-9-32/h6-7,10-14,26H,3-5,8-9H2,1-2H3,(H,27,28)(H,29,33)/t14-/m0/s1. The van der Waals surface area contributed by atoms with E-state index in [2.05, 4.69) is 42.4 Å². The molecule has 0 saturated carbocycles. The molecule has 1 atom stereocenters. The Hall–Kier alpha value is -3.66. The molecule has 0 aliphatic carbocycles. The zero-order chi connectivity index (χ0) is 23.2. The number of anilines is 2. The summed E-state index contributed by atoms with van der Waals surface area (Å²) in [4.78, 5) is 31.3. The number of aryl methyl sites for hydroxylation is 1. The van der Waals surface area contributed by atoms with Crippen LogP contribution in [0.3, 0.4) is 0 Å². The lowest BCUT2D eigenvalue weighted by atomic mass is 10.1. The van der Waals surface area contributed by atoms with Gasteiger partial charge in [0.1, 0.15) is 16.9 Å². The fourth-order valence-corrected chi connectivity index (χ4v) is 5.39. The minimum atomic E-state index is -0.219. The van der Waals surface area contributed by atoms with Gasteiger partial charge in [0.2, 0.25) is 0 Å². The number of aromatic amines is 2. The molecule has 5 aromatic rings. The second-order valence-corrected chi connectivity index (χ2v) is 9.60. The first-order valence-corrected chi connectivity index (χ1v) is 12.5. The minimum absolute atomic E-state index is 0.105. The lowest BCUT2D eigenvalue weighted by Crippen LogP contribution is -2.29. The van der Waals surface area contributed by atoms with Crippen LogP contribution in [0.2, 0.25) is 0 Å². The SMILES string of the molecule is C[C@H](Nc1c(-c2nc3ccc(N4CCCCC4)cc3[nH]2)c(=O)[nH]c2cn(C)nc12)c1cscn1. The summed E-state index contributed by atoms with van der Waals surface area (Å²) >= 11 is 1.54. The first-order valence-electron chi connectivity index (χ1n) is 11.6. The number of H-pyrrole nitrogens is 2. The van der Waals surface area contributed by atoms with Crippen molar-refractivity contribution < 1.29 is 0 Å². The number of fused-ring (bicyclic) bond motifs is 2. The average Bonchev–Trinajstić information content (AvgIpc) is 3.58. The molecule has 1 saturated heterocycles. The molecule has 0 amide bonds. The molecule has 1 aliphatic heterocycles. The molecule has 6 rings (SSSR count). The van der Waals surface area contributed by atoms with E-state index in [4.69, 9.17) is 4.98 Å². The highest BCUT2D eigenvalue weighted by atomic mass is 32.1. The van der Waals surface area contributed by atoms with E-state index < -0.39 is 0 Å². The van der Waals surface area contributed by atoms with Crippen LogP contribution >= 0.6 is 11.3 Å². The van der Waals surface area contributed by atoms with E-state index in [1.54, 1.807) is 16.0 Å². The first-order chi connectivity index (χ1) is 16.6. The van der Waals surface area contributed by atoms with Crippen LogP contribution in [0.15, 0.2) is 40.1 Å². The number of nitrogens with zero attached hydrogens (tertiary/aromatic N) is 5. The number of piperidine rings is 1. The third kappa shape index (κ3) is 3.63. The van der Waals surface area contributed by atoms with E-state index in [0.717, 1.165) is 29.8 Å². The maximum atomic E-state index is 13.3. The van der Waals surface area contributed by atoms with Crippen molar-refractivity contribution >= 4 is 44.8 Å². The van der Waals surface area contributed by atoms with Gasteiger partial charge < -0.3 is 20.2 Å². The highest BCUT2D eigenvalue weighted by Crippen LogP contribution is 2.33. The second kappa shape index (κ2) is 8.28. The van der Waals surface area contributed by atoms with Crippen molar-refractivity contribution in [2.75, 3.05) is 23.3 Å². The van der Waals surface area contributed by atoms with Gasteiger partial charge in [-0.05, 0) is 44.4 Å². The third-order valence-electron chi connectivity index (χ3n) is 6.47. The Balaban J connectivity index is 1.48. The molecule has 9 nitrogen and oxygen atoms in total. The van der Waals surface area contributed by atoms with Crippen LogP contribution < -0.4 is 15.8 Å². The second-order valence-electron chi connectivity index (χ2n) is 8.88. The van der Waals surface area contributed by atoms with Crippen molar-refractivity contribution in [3.05, 3.63) is 51.3 Å². The lowest BCUT2D eigenvalue weighted by molar-refractivity contribution is 0.578. The van der Waals surface area contributed by atoms with E-state index in [9.17, 15) is 4.79 Å². The van der Waals surface area contributed by atoms with Gasteiger partial charge >= 0.3 is 0 Å². The quantitative estimate of drug-likeness (QED) is 0.348. The molecular weight excluding hydrogens is 448 g/mol. The van der Waals surface area contributed by atoms with Gasteiger partial charge in [-0.25, -0.2) is 9.97 Å². The molecule has 0 spiro atoms. The first kappa shape index (κ1) is 20.9. The van der Waals surface area contributed by atoms with E-state index in [-0.39, 0.29) is 11.6 Å². The normalized spacial score (nSPS) is 15.3. The molecule has 1 aliphatic rings. The average molecular weight is 475 g/mol. The molecule has 10 heteroatoms. The minimum Gasteiger partial charge on any atom is -0.374 e. The highest BCUT2D eigenvalue weighted by molar-refractivity contribution is 7.07. The van der Waals surface area contributed by atoms with Gasteiger partial charge in [0.15, 0.2) is 0 Å². The zero-order valence-corrected chi connectivity index (χ0v) is 19.9. The maximum absolute atomic E-state index is 13.3. The number of rotatable bonds is 5. The number of hydrogen-bond donors (Lipinski definition) is 3. The van der Waals surface area contributed by atoms with Crippen LogP contribution in [0.1, 0.15) is 37.9 Å². The lowest BCUT2D eigenvalue weighted by Gasteiger charge is -2.28. The topological polar surface area (TPSA) is 108 Å². The third-order valence-corrected chi connectivity index (χ3v) is 7.07. The molecular formula is C24H26N8OS. The van der Waals surface area contributed by atoms with Crippen molar-refractivity contribution in [3.63, 3.8) is 0 Å². The van der Waals surface area contributed by atoms with Gasteiger partial charge in [0.05, 0.1) is 39.5 Å². The Morgan fingerprint density at radius 2 is 2.00 bits per heavy atom. The summed E-state index contributed by atoms with van der Waals surface area (Å²) in [5.74, 6) is 0.521. The van der Waals surface area contributed by atoms with Gasteiger partial charge in [-0.1, -0.05) is 0 Å². The number of thiazole rings is 1. The smallest absolute Gasteiger partial charge is 0.261 e. The van der Waals surface area contributed by atoms with Crippen LogP contribution in [-0.4, -0.2) is 42.8 Å². The molecule has 0 radical (unpaired) electrons. The molecule has 34 heavy (non-hydrogen) atoms. The van der Waals surface area contributed by atoms with Crippen LogP contribution in [0.4, 0.5) is 11.4 Å². The summed E-state index contributed by atoms with van der Waals surface area (Å²) in [5, 5.41) is 10.1. The van der Waals surface area contributed by atoms with Crippen molar-refractivity contribution in [3.8, 4) is 11.4 Å². The van der Waals surface area contributed by atoms with Crippen molar-refractivity contribution in [2.24, 2.45) is 7.05 Å². The molecule has 5 heterocycles. The predicted molar refractivity (Wildman–Crippen MR) is 137 cm³/mol. The van der Waals surface area contributed by atoms with Crippen LogP contribution in [0, 0.1) is 0 Å². The number of nitrogens with one attached hydrogen (secondary N) is 3. The van der Waals surface area contributed by atoms with E-state index in [1.165, 1.54) is 24.9 Å². The van der Waals surface area contributed by atoms with Crippen molar-refractivity contribution in [2.45, 2.75) is 32.2 Å². The number of aromatic nitrogens is 6. The van der Waals surface area contributed by atoms with Crippen LogP contribution in [-0.2, 0) is 7.05 Å². The van der Waals surface area contributed by atoms with Gasteiger partial charge in [0, 0.05) is 37.4 Å². The van der Waals surface area contributed by atoms with E-state index in [0.29, 0.717) is 28.1 Å². The maximum Gasteiger partial charge on any atom is 0.261 e. The van der Waals surface area contributed by atoms with Crippen LogP contribution in [0.5, 0.6) is 0 Å². The van der Waals surface area contributed by atoms with Crippen molar-refractivity contribution in [1.82, 2.24) is 29.7 Å². The molecule has 174 valence electrons. The Bertz CT molecular complexity index is 1520. The molecule has 4 aromatic heterocycles. The Morgan fingerprint density at radius 1 is 1.15 bits per heavy atom. The summed E-state index contributed by atoms with van der Waals surface area (Å²) in [5.41, 5.74) is 7.89. The molecule has 0 bridgehead atoms. The summed E-state index contributed by atoms with van der Waals surface area (Å²) in [6.07, 6.45) is 5.54. The number of pyridine rings is 1. The summed E-state index contributed by atoms with van der Waals surface area (Å²) in [6.45, 7) is 4.18. The molecule has 1 aromatic carbocycles. The number of imidazole rings is 1. The highest BCUT2D eigenvalue weighted by Gasteiger charge is 2.22. The molecule has 1 fully saturated rings. The molecule has 0 unspecified atom stereocenters. The van der Waals surface area contributed by atoms with Crippen LogP contribution in [0.25, 0.3) is 33.5 Å². The monoisotopic (exact) mass is 474 g/mol. The van der Waals surface area contributed by atoms with Gasteiger partial charge in [0.25, 0.3) is 5.56 Å². The zero-order valence-electron chi connectivity index (χ0n) is 19.1. The van der Waals surface area contributed by atoms with Gasteiger partial charge in [-0.15, -0.1) is 11.3 Å². The van der Waals surface area contributed by atoms with Gasteiger partial charge in [-0.3, -0.25) is 9.48 Å². The number of benzene rings is 1. The van der Waals surface area contributed by atoms with Crippen molar-refractivity contribution in [1.29, 1.82) is 0 Å². The fourth-order valence-electron chi connectivity index (χ4n) is 4.74. The Labute approximate surface area is 199 Å². The van der Waals surface area contributed by atoms with E-state index in [1.807, 2.05) is 37.1 Å². The summed E-state index contributed by atoms with van der Waals surface area (Å²) in [7, 11) is 1.84. The predicted octanol–water partition coefficient (Wildman–Crippen LogP) is 4.42. The van der Waals surface area contributed by atoms with E-state index >= 15 is 0 Å². The molecule has 3 N–H and O–H groups in total. The van der Waals surface area contributed by atoms with Gasteiger partial charge in [-0.2, -0.15) is 5.10 Å².